The minimum absolute atomic E-state index is 0.0954. The topological polar surface area (TPSA) is 86.8 Å². The highest BCUT2D eigenvalue weighted by Crippen LogP contribution is 2.23. The van der Waals surface area contributed by atoms with Crippen molar-refractivity contribution in [2.24, 2.45) is 0 Å². The Bertz CT molecular complexity index is 1370. The molecule has 10 heteroatoms. The number of rotatable bonds is 11. The highest BCUT2D eigenvalue weighted by molar-refractivity contribution is 7.92. The summed E-state index contributed by atoms with van der Waals surface area (Å²) in [6, 6.07) is 18.6. The van der Waals surface area contributed by atoms with Gasteiger partial charge in [-0.15, -0.1) is 0 Å². The van der Waals surface area contributed by atoms with Crippen LogP contribution < -0.4 is 9.62 Å². The Hall–Kier alpha value is -3.79. The summed E-state index contributed by atoms with van der Waals surface area (Å²) in [5.41, 5.74) is 0.588. The van der Waals surface area contributed by atoms with Gasteiger partial charge in [-0.2, -0.15) is 0 Å². The Morgan fingerprint density at radius 1 is 0.868 bits per heavy atom. The van der Waals surface area contributed by atoms with Crippen LogP contribution in [0.1, 0.15) is 25.0 Å². The molecule has 0 saturated heterocycles. The summed E-state index contributed by atoms with van der Waals surface area (Å²) >= 11 is 0. The van der Waals surface area contributed by atoms with E-state index in [4.69, 9.17) is 0 Å². The Balaban J connectivity index is 2.08. The molecule has 0 aliphatic carbocycles. The van der Waals surface area contributed by atoms with Crippen LogP contribution in [-0.4, -0.2) is 50.0 Å². The van der Waals surface area contributed by atoms with Gasteiger partial charge in [0.1, 0.15) is 24.2 Å². The molecule has 0 fully saturated rings. The van der Waals surface area contributed by atoms with Crippen LogP contribution in [0.2, 0.25) is 0 Å². The van der Waals surface area contributed by atoms with Gasteiger partial charge in [-0.1, -0.05) is 60.7 Å². The monoisotopic (exact) mass is 543 g/mol. The standard InChI is InChI=1S/C28H31F2N3O4S/c1-20(2)31-28(35)26(17-21-11-5-4-6-12-21)32(18-22-13-7-8-14-23(22)29)27(34)19-33(38(3,36)37)25-16-10-9-15-24(25)30/h4-16,20,26H,17-19H2,1-3H3,(H,31,35)/t26-/m0/s1. The predicted octanol–water partition coefficient (Wildman–Crippen LogP) is 3.90. The summed E-state index contributed by atoms with van der Waals surface area (Å²) in [6.45, 7) is 2.45. The molecule has 38 heavy (non-hydrogen) atoms. The van der Waals surface area contributed by atoms with Crippen LogP contribution in [0.25, 0.3) is 0 Å². The zero-order valence-electron chi connectivity index (χ0n) is 21.5. The van der Waals surface area contributed by atoms with E-state index in [1.807, 2.05) is 6.07 Å². The number of carbonyl (C=O) groups is 2. The van der Waals surface area contributed by atoms with E-state index in [9.17, 15) is 26.8 Å². The number of anilines is 1. The van der Waals surface area contributed by atoms with Crippen LogP contribution in [0.15, 0.2) is 78.9 Å². The molecular weight excluding hydrogens is 512 g/mol. The van der Waals surface area contributed by atoms with E-state index in [0.717, 1.165) is 22.8 Å². The fraction of sp³-hybridized carbons (Fsp3) is 0.286. The van der Waals surface area contributed by atoms with E-state index >= 15 is 0 Å². The van der Waals surface area contributed by atoms with Gasteiger partial charge in [0, 0.05) is 24.6 Å². The van der Waals surface area contributed by atoms with Crippen molar-refractivity contribution in [2.75, 3.05) is 17.1 Å². The van der Waals surface area contributed by atoms with Crippen molar-refractivity contribution >= 4 is 27.5 Å². The molecule has 1 N–H and O–H groups in total. The molecule has 3 aromatic carbocycles. The average molecular weight is 544 g/mol. The number of halogens is 2. The third-order valence-electron chi connectivity index (χ3n) is 5.80. The number of amides is 2. The third kappa shape index (κ3) is 7.61. The maximum atomic E-state index is 14.7. The zero-order valence-corrected chi connectivity index (χ0v) is 22.3. The Labute approximate surface area is 222 Å². The third-order valence-corrected chi connectivity index (χ3v) is 6.93. The van der Waals surface area contributed by atoms with Crippen LogP contribution in [0.5, 0.6) is 0 Å². The van der Waals surface area contributed by atoms with E-state index in [0.29, 0.717) is 4.31 Å². The fourth-order valence-electron chi connectivity index (χ4n) is 3.99. The molecule has 2 amide bonds. The Kier molecular flexibility index (Phi) is 9.57. The average Bonchev–Trinajstić information content (AvgIpc) is 2.85. The summed E-state index contributed by atoms with van der Waals surface area (Å²) < 4.78 is 55.2. The van der Waals surface area contributed by atoms with Crippen molar-refractivity contribution in [2.45, 2.75) is 38.9 Å². The van der Waals surface area contributed by atoms with Crippen molar-refractivity contribution in [3.63, 3.8) is 0 Å². The number of nitrogens with one attached hydrogen (secondary N) is 1. The first-order chi connectivity index (χ1) is 18.0. The van der Waals surface area contributed by atoms with Gasteiger partial charge in [0.15, 0.2) is 0 Å². The lowest BCUT2D eigenvalue weighted by Crippen LogP contribution is -2.54. The summed E-state index contributed by atoms with van der Waals surface area (Å²) in [4.78, 5) is 28.4. The second-order valence-electron chi connectivity index (χ2n) is 9.20. The minimum atomic E-state index is -4.10. The lowest BCUT2D eigenvalue weighted by molar-refractivity contribution is -0.140. The lowest BCUT2D eigenvalue weighted by Gasteiger charge is -2.34. The zero-order chi connectivity index (χ0) is 27.9. The number of para-hydroxylation sites is 1. The van der Waals surface area contributed by atoms with Gasteiger partial charge in [-0.3, -0.25) is 13.9 Å². The van der Waals surface area contributed by atoms with Gasteiger partial charge in [-0.05, 0) is 37.6 Å². The van der Waals surface area contributed by atoms with Gasteiger partial charge < -0.3 is 10.2 Å². The SMILES string of the molecule is CC(C)NC(=O)[C@H](Cc1ccccc1)N(Cc1ccccc1F)C(=O)CN(c1ccccc1F)S(C)(=O)=O. The minimum Gasteiger partial charge on any atom is -0.352 e. The molecule has 0 aromatic heterocycles. The summed E-state index contributed by atoms with van der Waals surface area (Å²) in [5, 5.41) is 2.80. The van der Waals surface area contributed by atoms with Gasteiger partial charge in [-0.25, -0.2) is 17.2 Å². The van der Waals surface area contributed by atoms with Crippen molar-refractivity contribution in [1.29, 1.82) is 0 Å². The van der Waals surface area contributed by atoms with E-state index in [2.05, 4.69) is 5.32 Å². The quantitative estimate of drug-likeness (QED) is 0.398. The van der Waals surface area contributed by atoms with Crippen molar-refractivity contribution in [3.05, 3.63) is 102 Å². The maximum Gasteiger partial charge on any atom is 0.244 e. The number of carbonyl (C=O) groups excluding carboxylic acids is 2. The maximum absolute atomic E-state index is 14.7. The first-order valence-electron chi connectivity index (χ1n) is 12.1. The molecule has 0 aliphatic rings. The second-order valence-corrected chi connectivity index (χ2v) is 11.1. The molecule has 1 atom stereocenters. The van der Waals surface area contributed by atoms with E-state index in [1.54, 1.807) is 44.2 Å². The molecule has 0 spiro atoms. The van der Waals surface area contributed by atoms with Crippen LogP contribution in [0, 0.1) is 11.6 Å². The lowest BCUT2D eigenvalue weighted by atomic mass is 10.0. The van der Waals surface area contributed by atoms with E-state index < -0.39 is 46.1 Å². The van der Waals surface area contributed by atoms with E-state index in [-0.39, 0.29) is 30.3 Å². The fourth-order valence-corrected chi connectivity index (χ4v) is 4.84. The molecule has 3 aromatic rings. The van der Waals surface area contributed by atoms with Crippen molar-refractivity contribution < 1.29 is 26.8 Å². The Morgan fingerprint density at radius 3 is 2.03 bits per heavy atom. The van der Waals surface area contributed by atoms with Crippen LogP contribution in [0.3, 0.4) is 0 Å². The van der Waals surface area contributed by atoms with Gasteiger partial charge >= 0.3 is 0 Å². The smallest absolute Gasteiger partial charge is 0.244 e. The van der Waals surface area contributed by atoms with Gasteiger partial charge in [0.2, 0.25) is 21.8 Å². The second kappa shape index (κ2) is 12.6. The Morgan fingerprint density at radius 2 is 1.45 bits per heavy atom. The number of benzene rings is 3. The first kappa shape index (κ1) is 28.8. The van der Waals surface area contributed by atoms with Crippen LogP contribution >= 0.6 is 0 Å². The molecule has 3 rings (SSSR count). The van der Waals surface area contributed by atoms with Gasteiger partial charge in [0.05, 0.1) is 11.9 Å². The van der Waals surface area contributed by atoms with Crippen molar-refractivity contribution in [1.82, 2.24) is 10.2 Å². The number of nitrogens with zero attached hydrogens (tertiary/aromatic N) is 2. The van der Waals surface area contributed by atoms with Crippen molar-refractivity contribution in [3.8, 4) is 0 Å². The highest BCUT2D eigenvalue weighted by Gasteiger charge is 2.34. The number of hydrogen-bond donors (Lipinski definition) is 1. The summed E-state index contributed by atoms with van der Waals surface area (Å²) in [5.74, 6) is -2.68. The molecule has 0 heterocycles. The molecule has 202 valence electrons. The number of sulfonamides is 1. The summed E-state index contributed by atoms with van der Waals surface area (Å²) in [7, 11) is -4.10. The molecule has 0 radical (unpaired) electrons. The van der Waals surface area contributed by atoms with E-state index in [1.165, 1.54) is 36.4 Å². The molecule has 0 saturated carbocycles. The molecule has 0 aliphatic heterocycles. The van der Waals surface area contributed by atoms with Gasteiger partial charge in [0.25, 0.3) is 0 Å². The largest absolute Gasteiger partial charge is 0.352 e. The molecule has 0 bridgehead atoms. The highest BCUT2D eigenvalue weighted by atomic mass is 32.2. The molecule has 7 nitrogen and oxygen atoms in total. The van der Waals surface area contributed by atoms with Crippen LogP contribution in [0.4, 0.5) is 14.5 Å². The first-order valence-corrected chi connectivity index (χ1v) is 13.9. The summed E-state index contributed by atoms with van der Waals surface area (Å²) in [6.07, 6.45) is 0.957. The molecular formula is C28H31F2N3O4S. The number of hydrogen-bond acceptors (Lipinski definition) is 4. The predicted molar refractivity (Wildman–Crippen MR) is 143 cm³/mol. The van der Waals surface area contributed by atoms with Crippen LogP contribution in [-0.2, 0) is 32.6 Å². The molecule has 0 unspecified atom stereocenters. The normalized spacial score (nSPS) is 12.2.